The highest BCUT2D eigenvalue weighted by atomic mass is 35.5. The number of rotatable bonds is 1. The molecule has 0 unspecified atom stereocenters. The lowest BCUT2D eigenvalue weighted by Gasteiger charge is -2.18. The molecule has 1 aliphatic heterocycles. The van der Waals surface area contributed by atoms with E-state index in [-0.39, 0.29) is 5.91 Å². The summed E-state index contributed by atoms with van der Waals surface area (Å²) in [6, 6.07) is 11.2. The molecule has 3 nitrogen and oxygen atoms in total. The van der Waals surface area contributed by atoms with E-state index in [9.17, 15) is 4.79 Å². The summed E-state index contributed by atoms with van der Waals surface area (Å²) in [5.41, 5.74) is 10.2. The van der Waals surface area contributed by atoms with E-state index in [1.807, 2.05) is 37.3 Å². The highest BCUT2D eigenvalue weighted by molar-refractivity contribution is 6.34. The lowest BCUT2D eigenvalue weighted by atomic mass is 10.1. The van der Waals surface area contributed by atoms with Gasteiger partial charge in [-0.3, -0.25) is 4.79 Å². The molecule has 0 radical (unpaired) electrons. The van der Waals surface area contributed by atoms with Gasteiger partial charge in [0.2, 0.25) is 0 Å². The van der Waals surface area contributed by atoms with Crippen molar-refractivity contribution in [3.8, 4) is 0 Å². The summed E-state index contributed by atoms with van der Waals surface area (Å²) in [5, 5.41) is 0.493. The lowest BCUT2D eigenvalue weighted by molar-refractivity contribution is 0.0989. The maximum Gasteiger partial charge on any atom is 0.259 e. The third-order valence-corrected chi connectivity index (χ3v) is 3.98. The number of carbonyl (C=O) groups is 1. The van der Waals surface area contributed by atoms with Crippen LogP contribution in [0.15, 0.2) is 36.4 Å². The minimum atomic E-state index is -0.0700. The van der Waals surface area contributed by atoms with Gasteiger partial charge in [0.05, 0.1) is 10.6 Å². The van der Waals surface area contributed by atoms with Gasteiger partial charge >= 0.3 is 0 Å². The summed E-state index contributed by atoms with van der Waals surface area (Å²) < 4.78 is 0. The van der Waals surface area contributed by atoms with Crippen LogP contribution in [0.2, 0.25) is 5.02 Å². The molecule has 2 aromatic rings. The first-order valence-electron chi connectivity index (χ1n) is 6.53. The quantitative estimate of drug-likeness (QED) is 0.816. The van der Waals surface area contributed by atoms with Gasteiger partial charge in [0, 0.05) is 23.5 Å². The van der Waals surface area contributed by atoms with Crippen molar-refractivity contribution in [1.82, 2.24) is 0 Å². The van der Waals surface area contributed by atoms with Gasteiger partial charge in [-0.1, -0.05) is 23.7 Å². The van der Waals surface area contributed by atoms with Crippen LogP contribution in [0.3, 0.4) is 0 Å². The van der Waals surface area contributed by atoms with Crippen LogP contribution in [0.1, 0.15) is 21.5 Å². The predicted octanol–water partition coefficient (Wildman–Crippen LogP) is 3.43. The number of hydrogen-bond donors (Lipinski definition) is 1. The van der Waals surface area contributed by atoms with Crippen molar-refractivity contribution in [2.24, 2.45) is 0 Å². The molecule has 0 saturated heterocycles. The van der Waals surface area contributed by atoms with E-state index >= 15 is 0 Å². The number of hydrogen-bond acceptors (Lipinski definition) is 2. The van der Waals surface area contributed by atoms with E-state index in [1.165, 1.54) is 0 Å². The van der Waals surface area contributed by atoms with Crippen LogP contribution < -0.4 is 10.6 Å². The molecule has 1 amide bonds. The molecule has 4 heteroatoms. The number of carbonyl (C=O) groups excluding carboxylic acids is 1. The molecule has 0 aromatic heterocycles. The van der Waals surface area contributed by atoms with E-state index in [1.54, 1.807) is 11.0 Å². The summed E-state index contributed by atoms with van der Waals surface area (Å²) in [5.74, 6) is -0.0700. The SMILES string of the molecule is Cc1ccc(C(=O)N2CCc3c(N)cccc32)c(Cl)c1. The second-order valence-corrected chi connectivity index (χ2v) is 5.44. The number of halogens is 1. The second kappa shape index (κ2) is 4.84. The Hall–Kier alpha value is -2.00. The Labute approximate surface area is 123 Å². The number of nitrogens with two attached hydrogens (primary N) is 1. The van der Waals surface area contributed by atoms with Crippen LogP contribution in [0.25, 0.3) is 0 Å². The lowest BCUT2D eigenvalue weighted by Crippen LogP contribution is -2.29. The minimum absolute atomic E-state index is 0.0700. The number of fused-ring (bicyclic) bond motifs is 1. The van der Waals surface area contributed by atoms with E-state index < -0.39 is 0 Å². The molecule has 0 fully saturated rings. The summed E-state index contributed by atoms with van der Waals surface area (Å²) in [6.07, 6.45) is 0.789. The summed E-state index contributed by atoms with van der Waals surface area (Å²) in [7, 11) is 0. The number of aryl methyl sites for hydroxylation is 1. The van der Waals surface area contributed by atoms with Gasteiger partial charge < -0.3 is 10.6 Å². The third-order valence-electron chi connectivity index (χ3n) is 3.66. The molecule has 0 saturated carbocycles. The molecule has 102 valence electrons. The fourth-order valence-corrected chi connectivity index (χ4v) is 2.93. The van der Waals surface area contributed by atoms with Crippen molar-refractivity contribution in [2.45, 2.75) is 13.3 Å². The second-order valence-electron chi connectivity index (χ2n) is 5.04. The van der Waals surface area contributed by atoms with Crippen LogP contribution in [-0.4, -0.2) is 12.5 Å². The van der Waals surface area contributed by atoms with E-state index in [4.69, 9.17) is 17.3 Å². The average molecular weight is 287 g/mol. The van der Waals surface area contributed by atoms with Gasteiger partial charge in [0.25, 0.3) is 5.91 Å². The largest absolute Gasteiger partial charge is 0.398 e. The van der Waals surface area contributed by atoms with Crippen molar-refractivity contribution < 1.29 is 4.79 Å². The fraction of sp³-hybridized carbons (Fsp3) is 0.188. The van der Waals surface area contributed by atoms with Gasteiger partial charge in [-0.2, -0.15) is 0 Å². The van der Waals surface area contributed by atoms with Gasteiger partial charge in [-0.25, -0.2) is 0 Å². The molecule has 0 aliphatic carbocycles. The zero-order valence-electron chi connectivity index (χ0n) is 11.2. The smallest absolute Gasteiger partial charge is 0.259 e. The molecular weight excluding hydrogens is 272 g/mol. The van der Waals surface area contributed by atoms with Crippen molar-refractivity contribution in [1.29, 1.82) is 0 Å². The standard InChI is InChI=1S/C16H15ClN2O/c1-10-5-6-11(13(17)9-10)16(20)19-8-7-12-14(18)3-2-4-15(12)19/h2-6,9H,7-8,18H2,1H3. The summed E-state index contributed by atoms with van der Waals surface area (Å²) >= 11 is 6.19. The number of nitrogens with zero attached hydrogens (tertiary/aromatic N) is 1. The van der Waals surface area contributed by atoms with Crippen LogP contribution >= 0.6 is 11.6 Å². The van der Waals surface area contributed by atoms with E-state index in [0.717, 1.165) is 28.9 Å². The van der Waals surface area contributed by atoms with E-state index in [0.29, 0.717) is 17.1 Å². The molecule has 0 bridgehead atoms. The molecule has 2 N–H and O–H groups in total. The molecule has 1 heterocycles. The summed E-state index contributed by atoms with van der Waals surface area (Å²) in [6.45, 7) is 2.60. The van der Waals surface area contributed by atoms with Gasteiger partial charge in [-0.05, 0) is 43.2 Å². The van der Waals surface area contributed by atoms with Crippen molar-refractivity contribution in [2.75, 3.05) is 17.2 Å². The number of amides is 1. The molecule has 2 aromatic carbocycles. The molecule has 3 rings (SSSR count). The Bertz CT molecular complexity index is 697. The molecule has 0 spiro atoms. The molecular formula is C16H15ClN2O. The Morgan fingerprint density at radius 1 is 1.30 bits per heavy atom. The topological polar surface area (TPSA) is 46.3 Å². The van der Waals surface area contributed by atoms with Crippen LogP contribution in [-0.2, 0) is 6.42 Å². The van der Waals surface area contributed by atoms with Crippen LogP contribution in [0, 0.1) is 6.92 Å². The molecule has 1 aliphatic rings. The van der Waals surface area contributed by atoms with Gasteiger partial charge in [0.1, 0.15) is 0 Å². The zero-order chi connectivity index (χ0) is 14.3. The maximum absolute atomic E-state index is 12.7. The maximum atomic E-state index is 12.7. The van der Waals surface area contributed by atoms with Crippen molar-refractivity contribution >= 4 is 28.9 Å². The fourth-order valence-electron chi connectivity index (χ4n) is 2.61. The van der Waals surface area contributed by atoms with Crippen LogP contribution in [0.5, 0.6) is 0 Å². The number of nitrogen functional groups attached to an aromatic ring is 1. The normalized spacial score (nSPS) is 13.4. The van der Waals surface area contributed by atoms with Gasteiger partial charge in [0.15, 0.2) is 0 Å². The van der Waals surface area contributed by atoms with Gasteiger partial charge in [-0.15, -0.1) is 0 Å². The molecule has 0 atom stereocenters. The average Bonchev–Trinajstić information content (AvgIpc) is 2.83. The summed E-state index contributed by atoms with van der Waals surface area (Å²) in [4.78, 5) is 14.4. The Morgan fingerprint density at radius 2 is 2.10 bits per heavy atom. The Balaban J connectivity index is 2.00. The van der Waals surface area contributed by atoms with Crippen LogP contribution in [0.4, 0.5) is 11.4 Å². The van der Waals surface area contributed by atoms with E-state index in [2.05, 4.69) is 0 Å². The third kappa shape index (κ3) is 2.04. The monoisotopic (exact) mass is 286 g/mol. The Kier molecular flexibility index (Phi) is 3.14. The predicted molar refractivity (Wildman–Crippen MR) is 82.4 cm³/mol. The van der Waals surface area contributed by atoms with Crippen molar-refractivity contribution in [3.63, 3.8) is 0 Å². The highest BCUT2D eigenvalue weighted by Gasteiger charge is 2.27. The zero-order valence-corrected chi connectivity index (χ0v) is 11.9. The first kappa shape index (κ1) is 13.0. The Morgan fingerprint density at radius 3 is 2.85 bits per heavy atom. The first-order valence-corrected chi connectivity index (χ1v) is 6.91. The first-order chi connectivity index (χ1) is 9.58. The number of anilines is 2. The van der Waals surface area contributed by atoms with Crippen molar-refractivity contribution in [3.05, 3.63) is 58.1 Å². The minimum Gasteiger partial charge on any atom is -0.398 e. The highest BCUT2D eigenvalue weighted by Crippen LogP contribution is 2.34. The number of benzene rings is 2. The molecule has 20 heavy (non-hydrogen) atoms.